The molecule has 0 fully saturated rings. The molecular weight excluding hydrogens is 241 g/mol. The van der Waals surface area contributed by atoms with Crippen molar-refractivity contribution < 1.29 is 13.9 Å². The van der Waals surface area contributed by atoms with Crippen molar-refractivity contribution in [2.75, 3.05) is 24.3 Å². The topological polar surface area (TPSA) is 52.3 Å². The fraction of sp³-hybridized carbons (Fsp3) is 0.417. The van der Waals surface area contributed by atoms with Crippen LogP contribution in [-0.4, -0.2) is 24.6 Å². The molecule has 94 valence electrons. The molecule has 0 bridgehead atoms. The van der Waals surface area contributed by atoms with Gasteiger partial charge in [-0.3, -0.25) is 0 Å². The van der Waals surface area contributed by atoms with Crippen LogP contribution < -0.4 is 5.73 Å². The monoisotopic (exact) mass is 257 g/mol. The SMILES string of the molecule is CSCCCOC(=O)c1cc(N)cc(C)c1F. The molecule has 0 unspecified atom stereocenters. The molecule has 0 heterocycles. The molecule has 0 aliphatic rings. The molecule has 1 rings (SSSR count). The van der Waals surface area contributed by atoms with Crippen molar-refractivity contribution in [1.82, 2.24) is 0 Å². The van der Waals surface area contributed by atoms with Crippen molar-refractivity contribution in [3.63, 3.8) is 0 Å². The number of aryl methyl sites for hydroxylation is 1. The number of ether oxygens (including phenoxy) is 1. The van der Waals surface area contributed by atoms with Crippen LogP contribution in [0.5, 0.6) is 0 Å². The van der Waals surface area contributed by atoms with E-state index in [1.165, 1.54) is 12.1 Å². The number of esters is 1. The Bertz CT molecular complexity index is 410. The summed E-state index contributed by atoms with van der Waals surface area (Å²) in [6.45, 7) is 1.86. The van der Waals surface area contributed by atoms with E-state index in [0.29, 0.717) is 17.9 Å². The highest BCUT2D eigenvalue weighted by Crippen LogP contribution is 2.18. The second-order valence-corrected chi connectivity index (χ2v) is 4.67. The number of hydrogen-bond acceptors (Lipinski definition) is 4. The van der Waals surface area contributed by atoms with Crippen LogP contribution in [0.15, 0.2) is 12.1 Å². The van der Waals surface area contributed by atoms with Crippen molar-refractivity contribution in [2.45, 2.75) is 13.3 Å². The zero-order valence-corrected chi connectivity index (χ0v) is 10.8. The normalized spacial score (nSPS) is 10.3. The van der Waals surface area contributed by atoms with Gasteiger partial charge < -0.3 is 10.5 Å². The molecule has 0 amide bonds. The maximum absolute atomic E-state index is 13.6. The van der Waals surface area contributed by atoms with Gasteiger partial charge in [0, 0.05) is 5.69 Å². The minimum absolute atomic E-state index is 0.0911. The third kappa shape index (κ3) is 3.93. The van der Waals surface area contributed by atoms with Crippen LogP contribution in [0.25, 0.3) is 0 Å². The molecule has 0 spiro atoms. The largest absolute Gasteiger partial charge is 0.462 e. The Morgan fingerprint density at radius 2 is 2.24 bits per heavy atom. The molecule has 3 nitrogen and oxygen atoms in total. The summed E-state index contributed by atoms with van der Waals surface area (Å²) in [5.41, 5.74) is 6.18. The van der Waals surface area contributed by atoms with Crippen molar-refractivity contribution in [2.24, 2.45) is 0 Å². The zero-order valence-electron chi connectivity index (χ0n) is 9.96. The van der Waals surface area contributed by atoms with Gasteiger partial charge in [-0.05, 0) is 43.0 Å². The summed E-state index contributed by atoms with van der Waals surface area (Å²) in [6, 6.07) is 2.79. The minimum Gasteiger partial charge on any atom is -0.462 e. The number of nitrogens with two attached hydrogens (primary N) is 1. The molecule has 0 aromatic heterocycles. The van der Waals surface area contributed by atoms with Gasteiger partial charge in [0.2, 0.25) is 0 Å². The summed E-state index contributed by atoms with van der Waals surface area (Å²) < 4.78 is 18.6. The van der Waals surface area contributed by atoms with Crippen LogP contribution in [0.2, 0.25) is 0 Å². The Labute approximate surface area is 105 Å². The molecule has 5 heteroatoms. The summed E-state index contributed by atoms with van der Waals surface area (Å²) in [5.74, 6) is -0.306. The summed E-state index contributed by atoms with van der Waals surface area (Å²) in [7, 11) is 0. The minimum atomic E-state index is -0.654. The Hall–Kier alpha value is -1.23. The quantitative estimate of drug-likeness (QED) is 0.500. The van der Waals surface area contributed by atoms with E-state index >= 15 is 0 Å². The second kappa shape index (κ2) is 6.49. The number of carbonyl (C=O) groups is 1. The highest BCUT2D eigenvalue weighted by atomic mass is 32.2. The van der Waals surface area contributed by atoms with Gasteiger partial charge in [0.25, 0.3) is 0 Å². The lowest BCUT2D eigenvalue weighted by molar-refractivity contribution is 0.0501. The molecule has 0 saturated carbocycles. The van der Waals surface area contributed by atoms with Gasteiger partial charge >= 0.3 is 5.97 Å². The van der Waals surface area contributed by atoms with Crippen LogP contribution >= 0.6 is 11.8 Å². The van der Waals surface area contributed by atoms with Gasteiger partial charge in [-0.2, -0.15) is 11.8 Å². The van der Waals surface area contributed by atoms with Crippen LogP contribution in [0, 0.1) is 12.7 Å². The lowest BCUT2D eigenvalue weighted by Gasteiger charge is -2.07. The summed E-state index contributed by atoms with van der Waals surface area (Å²) in [5, 5.41) is 0. The maximum Gasteiger partial charge on any atom is 0.341 e. The van der Waals surface area contributed by atoms with Gasteiger partial charge in [0.05, 0.1) is 12.2 Å². The molecule has 0 atom stereocenters. The fourth-order valence-corrected chi connectivity index (χ4v) is 1.80. The van der Waals surface area contributed by atoms with Gasteiger partial charge in [0.1, 0.15) is 5.82 Å². The van der Waals surface area contributed by atoms with E-state index in [0.717, 1.165) is 12.2 Å². The highest BCUT2D eigenvalue weighted by Gasteiger charge is 2.15. The van der Waals surface area contributed by atoms with Crippen molar-refractivity contribution in [3.05, 3.63) is 29.1 Å². The lowest BCUT2D eigenvalue weighted by atomic mass is 10.1. The van der Waals surface area contributed by atoms with Crippen LogP contribution in [0.3, 0.4) is 0 Å². The number of nitrogen functional groups attached to an aromatic ring is 1. The third-order valence-corrected chi connectivity index (χ3v) is 2.92. The standard InChI is InChI=1S/C12H16FNO2S/c1-8-6-9(14)7-10(11(8)13)12(15)16-4-3-5-17-2/h6-7H,3-5,14H2,1-2H3. The molecule has 0 saturated heterocycles. The first-order valence-electron chi connectivity index (χ1n) is 5.28. The first-order chi connectivity index (χ1) is 8.06. The van der Waals surface area contributed by atoms with Crippen LogP contribution in [-0.2, 0) is 4.74 Å². The Morgan fingerprint density at radius 1 is 1.53 bits per heavy atom. The molecule has 17 heavy (non-hydrogen) atoms. The Kier molecular flexibility index (Phi) is 5.28. The third-order valence-electron chi connectivity index (χ3n) is 2.22. The average molecular weight is 257 g/mol. The van der Waals surface area contributed by atoms with E-state index in [-0.39, 0.29) is 5.56 Å². The number of thioether (sulfide) groups is 1. The van der Waals surface area contributed by atoms with E-state index in [1.807, 2.05) is 6.26 Å². The lowest BCUT2D eigenvalue weighted by Crippen LogP contribution is -2.10. The van der Waals surface area contributed by atoms with Crippen LogP contribution in [0.1, 0.15) is 22.3 Å². The van der Waals surface area contributed by atoms with Crippen molar-refractivity contribution in [1.29, 1.82) is 0 Å². The molecule has 0 aliphatic carbocycles. The van der Waals surface area contributed by atoms with E-state index in [4.69, 9.17) is 10.5 Å². The van der Waals surface area contributed by atoms with E-state index in [1.54, 1.807) is 18.7 Å². The first-order valence-corrected chi connectivity index (χ1v) is 6.67. The highest BCUT2D eigenvalue weighted by molar-refractivity contribution is 7.98. The van der Waals surface area contributed by atoms with Gasteiger partial charge in [-0.25, -0.2) is 9.18 Å². The number of rotatable bonds is 5. The van der Waals surface area contributed by atoms with Crippen molar-refractivity contribution in [3.8, 4) is 0 Å². The Morgan fingerprint density at radius 3 is 2.88 bits per heavy atom. The molecular formula is C12H16FNO2S. The second-order valence-electron chi connectivity index (χ2n) is 3.68. The molecule has 1 aromatic rings. The number of benzene rings is 1. The number of halogens is 1. The predicted molar refractivity (Wildman–Crippen MR) is 68.8 cm³/mol. The van der Waals surface area contributed by atoms with E-state index in [9.17, 15) is 9.18 Å². The molecule has 0 aliphatic heterocycles. The summed E-state index contributed by atoms with van der Waals surface area (Å²) in [4.78, 5) is 11.6. The van der Waals surface area contributed by atoms with E-state index < -0.39 is 11.8 Å². The molecule has 1 aromatic carbocycles. The van der Waals surface area contributed by atoms with Gasteiger partial charge in [-0.1, -0.05) is 0 Å². The summed E-state index contributed by atoms with van der Waals surface area (Å²) in [6.07, 6.45) is 2.73. The number of anilines is 1. The smallest absolute Gasteiger partial charge is 0.341 e. The van der Waals surface area contributed by atoms with Crippen molar-refractivity contribution >= 4 is 23.4 Å². The maximum atomic E-state index is 13.6. The van der Waals surface area contributed by atoms with E-state index in [2.05, 4.69) is 0 Å². The van der Waals surface area contributed by atoms with Gasteiger partial charge in [-0.15, -0.1) is 0 Å². The molecule has 2 N–H and O–H groups in total. The van der Waals surface area contributed by atoms with Gasteiger partial charge in [0.15, 0.2) is 0 Å². The molecule has 0 radical (unpaired) electrons. The zero-order chi connectivity index (χ0) is 12.8. The Balaban J connectivity index is 2.69. The average Bonchev–Trinajstić information content (AvgIpc) is 2.29. The fourth-order valence-electron chi connectivity index (χ4n) is 1.39. The first kappa shape index (κ1) is 13.8. The van der Waals surface area contributed by atoms with Crippen LogP contribution in [0.4, 0.5) is 10.1 Å². The number of carbonyl (C=O) groups excluding carboxylic acids is 1. The number of hydrogen-bond donors (Lipinski definition) is 1. The predicted octanol–water partition coefficient (Wildman–Crippen LogP) is 2.63. The summed E-state index contributed by atoms with van der Waals surface area (Å²) >= 11 is 1.67.